The fourth-order valence-corrected chi connectivity index (χ4v) is 4.12. The molecule has 1 aliphatic heterocycles. The summed E-state index contributed by atoms with van der Waals surface area (Å²) < 4.78 is 31.8. The van der Waals surface area contributed by atoms with Crippen LogP contribution in [-0.4, -0.2) is 46.5 Å². The summed E-state index contributed by atoms with van der Waals surface area (Å²) >= 11 is 1.32. The molecule has 0 aliphatic carbocycles. The van der Waals surface area contributed by atoms with Gasteiger partial charge in [-0.3, -0.25) is 20.4 Å². The first-order valence-electron chi connectivity index (χ1n) is 10.0. The summed E-state index contributed by atoms with van der Waals surface area (Å²) in [6.45, 7) is 6.51. The molecule has 3 amide bonds. The third-order valence-corrected chi connectivity index (χ3v) is 5.67. The van der Waals surface area contributed by atoms with Gasteiger partial charge in [0.05, 0.1) is 5.01 Å². The highest BCUT2D eigenvalue weighted by Crippen LogP contribution is 2.30. The minimum absolute atomic E-state index is 0.102. The third-order valence-electron chi connectivity index (χ3n) is 4.66. The SMILES string of the molecule is CC(C)(C)OC(=O)N1CCC(c2nc(C(=O)NNC(=O)c3cc(F)cc(F)c3)cs2)CC1. The predicted octanol–water partition coefficient (Wildman–Crippen LogP) is 3.61. The number of aromatic nitrogens is 1. The maximum atomic E-state index is 13.2. The number of amides is 3. The van der Waals surface area contributed by atoms with Gasteiger partial charge in [0.15, 0.2) is 0 Å². The lowest BCUT2D eigenvalue weighted by atomic mass is 9.98. The molecule has 1 saturated heterocycles. The molecule has 0 saturated carbocycles. The molecule has 8 nitrogen and oxygen atoms in total. The summed E-state index contributed by atoms with van der Waals surface area (Å²) in [7, 11) is 0. The third kappa shape index (κ3) is 6.22. The Balaban J connectivity index is 1.51. The van der Waals surface area contributed by atoms with Crippen molar-refractivity contribution in [2.45, 2.75) is 45.1 Å². The van der Waals surface area contributed by atoms with E-state index in [-0.39, 0.29) is 23.3 Å². The van der Waals surface area contributed by atoms with Gasteiger partial charge in [-0.2, -0.15) is 0 Å². The number of halogens is 2. The molecule has 0 radical (unpaired) electrons. The van der Waals surface area contributed by atoms with Gasteiger partial charge in [0.1, 0.15) is 22.9 Å². The number of carbonyl (C=O) groups is 3. The summed E-state index contributed by atoms with van der Waals surface area (Å²) in [5.41, 5.74) is 3.60. The minimum atomic E-state index is -0.900. The molecule has 0 atom stereocenters. The summed E-state index contributed by atoms with van der Waals surface area (Å²) in [6.07, 6.45) is 1.04. The van der Waals surface area contributed by atoms with E-state index in [1.165, 1.54) is 11.3 Å². The van der Waals surface area contributed by atoms with Gasteiger partial charge in [-0.1, -0.05) is 0 Å². The van der Waals surface area contributed by atoms with Gasteiger partial charge >= 0.3 is 6.09 Å². The molecule has 32 heavy (non-hydrogen) atoms. The number of rotatable bonds is 3. The van der Waals surface area contributed by atoms with Crippen LogP contribution < -0.4 is 10.9 Å². The van der Waals surface area contributed by atoms with Crippen molar-refractivity contribution >= 4 is 29.2 Å². The van der Waals surface area contributed by atoms with Crippen molar-refractivity contribution < 1.29 is 27.9 Å². The van der Waals surface area contributed by atoms with Crippen LogP contribution in [0.15, 0.2) is 23.6 Å². The fraction of sp³-hybridized carbons (Fsp3) is 0.429. The van der Waals surface area contributed by atoms with Gasteiger partial charge in [-0.05, 0) is 45.7 Å². The average molecular weight is 467 g/mol. The van der Waals surface area contributed by atoms with Crippen LogP contribution in [0.3, 0.4) is 0 Å². The zero-order valence-corrected chi connectivity index (χ0v) is 18.7. The molecule has 11 heteroatoms. The van der Waals surface area contributed by atoms with Crippen molar-refractivity contribution in [2.75, 3.05) is 13.1 Å². The highest BCUT2D eigenvalue weighted by atomic mass is 32.1. The van der Waals surface area contributed by atoms with E-state index in [2.05, 4.69) is 15.8 Å². The van der Waals surface area contributed by atoms with Crippen molar-refractivity contribution in [1.29, 1.82) is 0 Å². The minimum Gasteiger partial charge on any atom is -0.444 e. The number of hydrazine groups is 1. The number of likely N-dealkylation sites (tertiary alicyclic amines) is 1. The molecule has 1 aromatic heterocycles. The molecule has 0 unspecified atom stereocenters. The molecule has 2 N–H and O–H groups in total. The van der Waals surface area contributed by atoms with Gasteiger partial charge in [-0.15, -0.1) is 11.3 Å². The maximum Gasteiger partial charge on any atom is 0.410 e. The second-order valence-electron chi connectivity index (χ2n) is 8.38. The van der Waals surface area contributed by atoms with Crippen molar-refractivity contribution in [1.82, 2.24) is 20.7 Å². The van der Waals surface area contributed by atoms with E-state index in [1.807, 2.05) is 20.8 Å². The van der Waals surface area contributed by atoms with E-state index >= 15 is 0 Å². The van der Waals surface area contributed by atoms with Crippen molar-refractivity contribution in [2.24, 2.45) is 0 Å². The van der Waals surface area contributed by atoms with E-state index in [0.29, 0.717) is 32.0 Å². The Hall–Kier alpha value is -3.08. The van der Waals surface area contributed by atoms with Crippen molar-refractivity contribution in [3.05, 3.63) is 51.5 Å². The standard InChI is InChI=1S/C21H24F2N4O4S/c1-21(2,3)31-20(30)27-6-4-12(5-7-27)19-24-16(11-32-19)18(29)26-25-17(28)13-8-14(22)10-15(23)9-13/h8-12H,4-7H2,1-3H3,(H,25,28)(H,26,29). The number of nitrogens with one attached hydrogen (secondary N) is 2. The molecule has 3 rings (SSSR count). The van der Waals surface area contributed by atoms with Crippen LogP contribution >= 0.6 is 11.3 Å². The summed E-state index contributed by atoms with van der Waals surface area (Å²) in [6, 6.07) is 2.36. The largest absolute Gasteiger partial charge is 0.444 e. The Labute approximate surface area is 187 Å². The molecule has 0 spiro atoms. The van der Waals surface area contributed by atoms with Crippen LogP contribution in [0.2, 0.25) is 0 Å². The fourth-order valence-electron chi connectivity index (χ4n) is 3.15. The smallest absolute Gasteiger partial charge is 0.410 e. The lowest BCUT2D eigenvalue weighted by Crippen LogP contribution is -2.42. The number of benzene rings is 1. The van der Waals surface area contributed by atoms with Gasteiger partial charge < -0.3 is 9.64 Å². The quantitative estimate of drug-likeness (QED) is 0.673. The van der Waals surface area contributed by atoms with E-state index in [9.17, 15) is 23.2 Å². The molecule has 172 valence electrons. The van der Waals surface area contributed by atoms with Crippen molar-refractivity contribution in [3.8, 4) is 0 Å². The zero-order chi connectivity index (χ0) is 23.5. The Kier molecular flexibility index (Phi) is 7.07. The second-order valence-corrected chi connectivity index (χ2v) is 9.27. The number of hydrogen-bond acceptors (Lipinski definition) is 6. The molecule has 0 bridgehead atoms. The molecule has 1 fully saturated rings. The number of ether oxygens (including phenoxy) is 1. The Bertz CT molecular complexity index is 993. The Morgan fingerprint density at radius 3 is 2.25 bits per heavy atom. The molecule has 1 aliphatic rings. The first-order chi connectivity index (χ1) is 15.0. The maximum absolute atomic E-state index is 13.2. The van der Waals surface area contributed by atoms with Crippen LogP contribution in [0.25, 0.3) is 0 Å². The predicted molar refractivity (Wildman–Crippen MR) is 113 cm³/mol. The summed E-state index contributed by atoms with van der Waals surface area (Å²) in [5, 5.41) is 2.33. The van der Waals surface area contributed by atoms with Crippen LogP contribution in [0.5, 0.6) is 0 Å². The normalized spacial score (nSPS) is 14.7. The van der Waals surface area contributed by atoms with E-state index in [1.54, 1.807) is 10.3 Å². The van der Waals surface area contributed by atoms with Gasteiger partial charge in [0.25, 0.3) is 11.8 Å². The van der Waals surface area contributed by atoms with Crippen LogP contribution in [0.4, 0.5) is 13.6 Å². The van der Waals surface area contributed by atoms with Crippen molar-refractivity contribution in [3.63, 3.8) is 0 Å². The van der Waals surface area contributed by atoms with E-state index in [0.717, 1.165) is 17.1 Å². The van der Waals surface area contributed by atoms with Gasteiger partial charge in [0, 0.05) is 36.0 Å². The average Bonchev–Trinajstić information content (AvgIpc) is 3.20. The zero-order valence-electron chi connectivity index (χ0n) is 17.9. The molecular formula is C21H24F2N4O4S. The topological polar surface area (TPSA) is 101 Å². The molecule has 2 aromatic rings. The lowest BCUT2D eigenvalue weighted by Gasteiger charge is -2.32. The molecule has 2 heterocycles. The first kappa shape index (κ1) is 23.6. The second kappa shape index (κ2) is 9.60. The monoisotopic (exact) mass is 466 g/mol. The number of carbonyl (C=O) groups excluding carboxylic acids is 3. The molecule has 1 aromatic carbocycles. The van der Waals surface area contributed by atoms with Gasteiger partial charge in [0.2, 0.25) is 0 Å². The van der Waals surface area contributed by atoms with Gasteiger partial charge in [-0.25, -0.2) is 18.6 Å². The number of nitrogens with zero attached hydrogens (tertiary/aromatic N) is 2. The van der Waals surface area contributed by atoms with E-state index in [4.69, 9.17) is 4.74 Å². The molecular weight excluding hydrogens is 442 g/mol. The highest BCUT2D eigenvalue weighted by molar-refractivity contribution is 7.09. The van der Waals surface area contributed by atoms with Crippen LogP contribution in [0, 0.1) is 11.6 Å². The lowest BCUT2D eigenvalue weighted by molar-refractivity contribution is 0.0204. The Morgan fingerprint density at radius 1 is 1.06 bits per heavy atom. The number of hydrogen-bond donors (Lipinski definition) is 2. The number of piperidine rings is 1. The van der Waals surface area contributed by atoms with E-state index < -0.39 is 29.0 Å². The highest BCUT2D eigenvalue weighted by Gasteiger charge is 2.29. The summed E-state index contributed by atoms with van der Waals surface area (Å²) in [5.74, 6) is -3.21. The van der Waals surface area contributed by atoms with Crippen LogP contribution in [-0.2, 0) is 4.74 Å². The Morgan fingerprint density at radius 2 is 1.66 bits per heavy atom. The number of thiazole rings is 1. The first-order valence-corrected chi connectivity index (χ1v) is 10.9. The summed E-state index contributed by atoms with van der Waals surface area (Å²) in [4.78, 5) is 42.5. The van der Waals surface area contributed by atoms with Crippen LogP contribution in [0.1, 0.15) is 65.4 Å².